The van der Waals surface area contributed by atoms with Crippen LogP contribution in [0.15, 0.2) is 12.1 Å². The van der Waals surface area contributed by atoms with Gasteiger partial charge in [0.15, 0.2) is 0 Å². The highest BCUT2D eigenvalue weighted by molar-refractivity contribution is 5.56. The molecule has 0 saturated heterocycles. The number of hydrogen-bond donors (Lipinski definition) is 1. The second kappa shape index (κ2) is 3.61. The zero-order chi connectivity index (χ0) is 9.14. The Kier molecular flexibility index (Phi) is 2.74. The Bertz CT molecular complexity index is 277. The maximum atomic E-state index is 5.97. The SMILES string of the molecule is CCc1ccc(C)c(N)c1CC. The molecule has 12 heavy (non-hydrogen) atoms. The highest BCUT2D eigenvalue weighted by Crippen LogP contribution is 2.22. The monoisotopic (exact) mass is 163 g/mol. The van der Waals surface area contributed by atoms with E-state index in [4.69, 9.17) is 5.73 Å². The zero-order valence-electron chi connectivity index (χ0n) is 8.15. The fourth-order valence-electron chi connectivity index (χ4n) is 1.58. The standard InChI is InChI=1S/C11H17N/c1-4-9-7-6-8(3)11(12)10(9)5-2/h6-7H,4-5,12H2,1-3H3. The number of nitrogen functional groups attached to an aromatic ring is 1. The number of anilines is 1. The van der Waals surface area contributed by atoms with Gasteiger partial charge in [0.2, 0.25) is 0 Å². The molecule has 2 N–H and O–H groups in total. The van der Waals surface area contributed by atoms with Crippen molar-refractivity contribution in [1.29, 1.82) is 0 Å². The largest absolute Gasteiger partial charge is 0.398 e. The average Bonchev–Trinajstić information content (AvgIpc) is 2.09. The van der Waals surface area contributed by atoms with E-state index in [9.17, 15) is 0 Å². The van der Waals surface area contributed by atoms with Crippen molar-refractivity contribution in [2.75, 3.05) is 5.73 Å². The van der Waals surface area contributed by atoms with Crippen LogP contribution in [-0.4, -0.2) is 0 Å². The van der Waals surface area contributed by atoms with Gasteiger partial charge in [-0.25, -0.2) is 0 Å². The van der Waals surface area contributed by atoms with Gasteiger partial charge in [0.25, 0.3) is 0 Å². The van der Waals surface area contributed by atoms with Crippen LogP contribution < -0.4 is 5.73 Å². The molecule has 1 nitrogen and oxygen atoms in total. The Morgan fingerprint density at radius 1 is 1.17 bits per heavy atom. The molecule has 0 amide bonds. The predicted octanol–water partition coefficient (Wildman–Crippen LogP) is 2.70. The van der Waals surface area contributed by atoms with E-state index in [0.29, 0.717) is 0 Å². The molecular weight excluding hydrogens is 146 g/mol. The summed E-state index contributed by atoms with van der Waals surface area (Å²) in [5.74, 6) is 0. The minimum Gasteiger partial charge on any atom is -0.398 e. The first-order valence-electron chi connectivity index (χ1n) is 4.57. The topological polar surface area (TPSA) is 26.0 Å². The van der Waals surface area contributed by atoms with E-state index in [1.165, 1.54) is 16.7 Å². The van der Waals surface area contributed by atoms with Crippen molar-refractivity contribution in [3.05, 3.63) is 28.8 Å². The molecule has 0 radical (unpaired) electrons. The maximum Gasteiger partial charge on any atom is 0.0378 e. The fourth-order valence-corrected chi connectivity index (χ4v) is 1.58. The van der Waals surface area contributed by atoms with Crippen molar-refractivity contribution in [1.82, 2.24) is 0 Å². The third-order valence-corrected chi connectivity index (χ3v) is 2.41. The summed E-state index contributed by atoms with van der Waals surface area (Å²) in [6, 6.07) is 4.29. The van der Waals surface area contributed by atoms with E-state index in [2.05, 4.69) is 32.9 Å². The van der Waals surface area contributed by atoms with E-state index in [-0.39, 0.29) is 0 Å². The van der Waals surface area contributed by atoms with Crippen LogP contribution >= 0.6 is 0 Å². The van der Waals surface area contributed by atoms with E-state index in [1.54, 1.807) is 0 Å². The smallest absolute Gasteiger partial charge is 0.0378 e. The van der Waals surface area contributed by atoms with E-state index >= 15 is 0 Å². The van der Waals surface area contributed by atoms with Gasteiger partial charge >= 0.3 is 0 Å². The third kappa shape index (κ3) is 1.45. The lowest BCUT2D eigenvalue weighted by Crippen LogP contribution is -2.00. The van der Waals surface area contributed by atoms with Crippen molar-refractivity contribution < 1.29 is 0 Å². The molecule has 1 rings (SSSR count). The number of nitrogens with two attached hydrogens (primary N) is 1. The van der Waals surface area contributed by atoms with Gasteiger partial charge in [0.1, 0.15) is 0 Å². The molecule has 0 fully saturated rings. The molecule has 66 valence electrons. The normalized spacial score (nSPS) is 10.2. The van der Waals surface area contributed by atoms with Crippen LogP contribution in [-0.2, 0) is 12.8 Å². The molecule has 0 unspecified atom stereocenters. The molecule has 0 aliphatic carbocycles. The van der Waals surface area contributed by atoms with Crippen molar-refractivity contribution in [2.45, 2.75) is 33.6 Å². The Morgan fingerprint density at radius 3 is 2.33 bits per heavy atom. The molecular formula is C11H17N. The second-order valence-electron chi connectivity index (χ2n) is 3.14. The number of hydrogen-bond acceptors (Lipinski definition) is 1. The molecule has 0 heterocycles. The van der Waals surface area contributed by atoms with Crippen LogP contribution in [0.3, 0.4) is 0 Å². The van der Waals surface area contributed by atoms with E-state index < -0.39 is 0 Å². The van der Waals surface area contributed by atoms with Crippen LogP contribution in [0.25, 0.3) is 0 Å². The lowest BCUT2D eigenvalue weighted by atomic mass is 9.98. The van der Waals surface area contributed by atoms with Gasteiger partial charge in [-0.05, 0) is 36.5 Å². The summed E-state index contributed by atoms with van der Waals surface area (Å²) >= 11 is 0. The van der Waals surface area contributed by atoms with Crippen LogP contribution in [0.5, 0.6) is 0 Å². The minimum atomic E-state index is 0.983. The van der Waals surface area contributed by atoms with Gasteiger partial charge in [-0.15, -0.1) is 0 Å². The number of benzene rings is 1. The molecule has 0 atom stereocenters. The highest BCUT2D eigenvalue weighted by atomic mass is 14.6. The highest BCUT2D eigenvalue weighted by Gasteiger charge is 2.04. The van der Waals surface area contributed by atoms with Gasteiger partial charge < -0.3 is 5.73 Å². The first kappa shape index (κ1) is 9.11. The molecule has 1 aromatic carbocycles. The summed E-state index contributed by atoms with van der Waals surface area (Å²) in [5.41, 5.74) is 10.9. The summed E-state index contributed by atoms with van der Waals surface area (Å²) < 4.78 is 0. The van der Waals surface area contributed by atoms with Crippen LogP contribution in [0.1, 0.15) is 30.5 Å². The number of rotatable bonds is 2. The van der Waals surface area contributed by atoms with Crippen molar-refractivity contribution in [3.8, 4) is 0 Å². The van der Waals surface area contributed by atoms with Crippen molar-refractivity contribution in [3.63, 3.8) is 0 Å². The molecule has 0 aliphatic rings. The Morgan fingerprint density at radius 2 is 1.83 bits per heavy atom. The molecule has 0 aromatic heterocycles. The quantitative estimate of drug-likeness (QED) is 0.666. The van der Waals surface area contributed by atoms with Gasteiger partial charge in [-0.3, -0.25) is 0 Å². The van der Waals surface area contributed by atoms with E-state index in [1.807, 2.05) is 0 Å². The van der Waals surface area contributed by atoms with Gasteiger partial charge in [0.05, 0.1) is 0 Å². The summed E-state index contributed by atoms with van der Waals surface area (Å²) in [5, 5.41) is 0. The van der Waals surface area contributed by atoms with Crippen LogP contribution in [0.2, 0.25) is 0 Å². The average molecular weight is 163 g/mol. The number of aryl methyl sites for hydroxylation is 2. The zero-order valence-corrected chi connectivity index (χ0v) is 8.15. The van der Waals surface area contributed by atoms with Crippen LogP contribution in [0.4, 0.5) is 5.69 Å². The first-order valence-corrected chi connectivity index (χ1v) is 4.57. The van der Waals surface area contributed by atoms with E-state index in [0.717, 1.165) is 18.5 Å². The molecule has 0 bridgehead atoms. The molecule has 1 heteroatoms. The van der Waals surface area contributed by atoms with Gasteiger partial charge in [0, 0.05) is 5.69 Å². The lowest BCUT2D eigenvalue weighted by Gasteiger charge is -2.11. The summed E-state index contributed by atoms with van der Waals surface area (Å²) in [7, 11) is 0. The maximum absolute atomic E-state index is 5.97. The second-order valence-corrected chi connectivity index (χ2v) is 3.14. The summed E-state index contributed by atoms with van der Waals surface area (Å²) in [4.78, 5) is 0. The first-order chi connectivity index (χ1) is 5.70. The third-order valence-electron chi connectivity index (χ3n) is 2.41. The Labute approximate surface area is 74.6 Å². The van der Waals surface area contributed by atoms with Crippen molar-refractivity contribution >= 4 is 5.69 Å². The van der Waals surface area contributed by atoms with Gasteiger partial charge in [-0.1, -0.05) is 26.0 Å². The summed E-state index contributed by atoms with van der Waals surface area (Å²) in [6.07, 6.45) is 2.12. The molecule has 0 saturated carbocycles. The predicted molar refractivity (Wildman–Crippen MR) is 54.3 cm³/mol. The van der Waals surface area contributed by atoms with Gasteiger partial charge in [-0.2, -0.15) is 0 Å². The Balaban J connectivity index is 3.25. The summed E-state index contributed by atoms with van der Waals surface area (Å²) in [6.45, 7) is 6.39. The molecule has 0 aliphatic heterocycles. The lowest BCUT2D eigenvalue weighted by molar-refractivity contribution is 1.04. The molecule has 0 spiro atoms. The Hall–Kier alpha value is -0.980. The fraction of sp³-hybridized carbons (Fsp3) is 0.455. The van der Waals surface area contributed by atoms with Crippen molar-refractivity contribution in [2.24, 2.45) is 0 Å². The molecule has 1 aromatic rings. The van der Waals surface area contributed by atoms with Crippen LogP contribution in [0, 0.1) is 6.92 Å². The minimum absolute atomic E-state index is 0.983.